The minimum Gasteiger partial charge on any atom is -0.396 e. The number of benzene rings is 1. The Morgan fingerprint density at radius 1 is 1.47 bits per heavy atom. The van der Waals surface area contributed by atoms with Gasteiger partial charge >= 0.3 is 0 Å². The maximum atomic E-state index is 9.10. The monoisotopic (exact) mass is 223 g/mol. The van der Waals surface area contributed by atoms with Gasteiger partial charge in [0.05, 0.1) is 5.02 Å². The molecule has 1 aromatic carbocycles. The zero-order chi connectivity index (χ0) is 11.0. The van der Waals surface area contributed by atoms with E-state index in [9.17, 15) is 0 Å². The molecule has 2 nitrogen and oxygen atoms in total. The van der Waals surface area contributed by atoms with Crippen molar-refractivity contribution in [3.05, 3.63) is 35.0 Å². The summed E-state index contributed by atoms with van der Waals surface area (Å²) in [7, 11) is 1.97. The van der Waals surface area contributed by atoms with Crippen LogP contribution in [0, 0.1) is 0 Å². The SMILES string of the molecule is CC(CO)c1ccc2c(Cl)cn(C)c2c1. The first kappa shape index (κ1) is 10.5. The number of aromatic nitrogens is 1. The number of halogens is 1. The molecule has 2 aromatic rings. The van der Waals surface area contributed by atoms with Crippen LogP contribution < -0.4 is 0 Å². The molecule has 0 saturated carbocycles. The number of aliphatic hydroxyl groups is 1. The van der Waals surface area contributed by atoms with Crippen LogP contribution in [0.4, 0.5) is 0 Å². The Morgan fingerprint density at radius 3 is 2.87 bits per heavy atom. The molecular formula is C12H14ClNO. The third-order valence-corrected chi connectivity index (χ3v) is 3.11. The molecule has 0 radical (unpaired) electrons. The summed E-state index contributed by atoms with van der Waals surface area (Å²) in [4.78, 5) is 0. The van der Waals surface area contributed by atoms with Crippen molar-refractivity contribution in [3.63, 3.8) is 0 Å². The first-order valence-corrected chi connectivity index (χ1v) is 5.36. The lowest BCUT2D eigenvalue weighted by atomic mass is 10.0. The molecule has 0 aliphatic heterocycles. The number of rotatable bonds is 2. The van der Waals surface area contributed by atoms with Gasteiger partial charge < -0.3 is 9.67 Å². The summed E-state index contributed by atoms with van der Waals surface area (Å²) in [6, 6.07) is 6.12. The molecule has 1 unspecified atom stereocenters. The van der Waals surface area contributed by atoms with Crippen LogP contribution in [0.3, 0.4) is 0 Å². The number of fused-ring (bicyclic) bond motifs is 1. The topological polar surface area (TPSA) is 25.2 Å². The third-order valence-electron chi connectivity index (χ3n) is 2.81. The van der Waals surface area contributed by atoms with E-state index in [-0.39, 0.29) is 12.5 Å². The van der Waals surface area contributed by atoms with Crippen LogP contribution in [0.2, 0.25) is 5.02 Å². The van der Waals surface area contributed by atoms with Gasteiger partial charge in [0.1, 0.15) is 0 Å². The van der Waals surface area contributed by atoms with E-state index >= 15 is 0 Å². The zero-order valence-electron chi connectivity index (χ0n) is 8.87. The summed E-state index contributed by atoms with van der Waals surface area (Å²) < 4.78 is 2.01. The highest BCUT2D eigenvalue weighted by Crippen LogP contribution is 2.27. The maximum Gasteiger partial charge on any atom is 0.0661 e. The first-order valence-electron chi connectivity index (χ1n) is 4.99. The third kappa shape index (κ3) is 1.75. The van der Waals surface area contributed by atoms with E-state index in [1.807, 2.05) is 36.9 Å². The molecule has 0 fully saturated rings. The minimum atomic E-state index is 0.170. The molecule has 0 bridgehead atoms. The average molecular weight is 224 g/mol. The van der Waals surface area contributed by atoms with Crippen molar-refractivity contribution in [2.24, 2.45) is 7.05 Å². The van der Waals surface area contributed by atoms with E-state index < -0.39 is 0 Å². The Hall–Kier alpha value is -0.990. The second-order valence-electron chi connectivity index (χ2n) is 3.95. The number of hydrogen-bond donors (Lipinski definition) is 1. The normalized spacial score (nSPS) is 13.3. The lowest BCUT2D eigenvalue weighted by Gasteiger charge is -2.08. The maximum absolute atomic E-state index is 9.10. The second-order valence-corrected chi connectivity index (χ2v) is 4.36. The van der Waals surface area contributed by atoms with E-state index in [0.717, 1.165) is 21.5 Å². The number of aliphatic hydroxyl groups excluding tert-OH is 1. The van der Waals surface area contributed by atoms with Crippen molar-refractivity contribution in [2.45, 2.75) is 12.8 Å². The highest BCUT2D eigenvalue weighted by Gasteiger charge is 2.08. The van der Waals surface area contributed by atoms with E-state index in [1.54, 1.807) is 0 Å². The molecule has 0 saturated heterocycles. The summed E-state index contributed by atoms with van der Waals surface area (Å²) in [6.07, 6.45) is 1.90. The van der Waals surface area contributed by atoms with Gasteiger partial charge in [-0.25, -0.2) is 0 Å². The van der Waals surface area contributed by atoms with Gasteiger partial charge in [-0.3, -0.25) is 0 Å². The lowest BCUT2D eigenvalue weighted by Crippen LogP contribution is -1.98. The molecule has 80 valence electrons. The molecule has 1 aromatic heterocycles. The van der Waals surface area contributed by atoms with Crippen LogP contribution in [-0.4, -0.2) is 16.3 Å². The molecule has 0 aliphatic carbocycles. The highest BCUT2D eigenvalue weighted by molar-refractivity contribution is 6.35. The Kier molecular flexibility index (Phi) is 2.72. The van der Waals surface area contributed by atoms with E-state index in [2.05, 4.69) is 6.07 Å². The first-order chi connectivity index (χ1) is 7.13. The molecule has 2 rings (SSSR count). The van der Waals surface area contributed by atoms with Crippen LogP contribution in [0.5, 0.6) is 0 Å². The van der Waals surface area contributed by atoms with E-state index in [1.165, 1.54) is 0 Å². The summed E-state index contributed by atoms with van der Waals surface area (Å²) in [5.74, 6) is 0.170. The van der Waals surface area contributed by atoms with Crippen molar-refractivity contribution >= 4 is 22.5 Å². The van der Waals surface area contributed by atoms with Gasteiger partial charge in [-0.2, -0.15) is 0 Å². The molecule has 0 spiro atoms. The van der Waals surface area contributed by atoms with Crippen LogP contribution >= 0.6 is 11.6 Å². The fourth-order valence-electron chi connectivity index (χ4n) is 1.76. The smallest absolute Gasteiger partial charge is 0.0661 e. The van der Waals surface area contributed by atoms with Gasteiger partial charge in [0.2, 0.25) is 0 Å². The van der Waals surface area contributed by atoms with Gasteiger partial charge in [-0.1, -0.05) is 30.7 Å². The van der Waals surface area contributed by atoms with E-state index in [0.29, 0.717) is 0 Å². The fraction of sp³-hybridized carbons (Fsp3) is 0.333. The van der Waals surface area contributed by atoms with Crippen LogP contribution in [-0.2, 0) is 7.05 Å². The Balaban J connectivity index is 2.60. The average Bonchev–Trinajstić information content (AvgIpc) is 2.53. The summed E-state index contributed by atoms with van der Waals surface area (Å²) >= 11 is 6.07. The Bertz CT molecular complexity index is 490. The van der Waals surface area contributed by atoms with Gasteiger partial charge in [0.25, 0.3) is 0 Å². The second kappa shape index (κ2) is 3.87. The van der Waals surface area contributed by atoms with Crippen LogP contribution in [0.1, 0.15) is 18.4 Å². The largest absolute Gasteiger partial charge is 0.396 e. The fourth-order valence-corrected chi connectivity index (χ4v) is 2.07. The molecule has 0 amide bonds. The molecule has 1 N–H and O–H groups in total. The number of aryl methyl sites for hydroxylation is 1. The zero-order valence-corrected chi connectivity index (χ0v) is 9.62. The van der Waals surface area contributed by atoms with Crippen molar-refractivity contribution in [1.82, 2.24) is 4.57 Å². The standard InChI is InChI=1S/C12H14ClNO/c1-8(7-15)9-3-4-10-11(13)6-14(2)12(10)5-9/h3-6,8,15H,7H2,1-2H3. The van der Waals surface area contributed by atoms with Gasteiger partial charge in [-0.05, 0) is 11.6 Å². The Morgan fingerprint density at radius 2 is 2.20 bits per heavy atom. The van der Waals surface area contributed by atoms with Crippen molar-refractivity contribution in [1.29, 1.82) is 0 Å². The van der Waals surface area contributed by atoms with Crippen molar-refractivity contribution < 1.29 is 5.11 Å². The lowest BCUT2D eigenvalue weighted by molar-refractivity contribution is 0.273. The highest BCUT2D eigenvalue weighted by atomic mass is 35.5. The number of nitrogens with zero attached hydrogens (tertiary/aromatic N) is 1. The predicted molar refractivity (Wildman–Crippen MR) is 63.4 cm³/mol. The number of hydrogen-bond acceptors (Lipinski definition) is 1. The predicted octanol–water partition coefficient (Wildman–Crippen LogP) is 2.93. The van der Waals surface area contributed by atoms with Gasteiger partial charge in [0.15, 0.2) is 0 Å². The van der Waals surface area contributed by atoms with Crippen LogP contribution in [0.15, 0.2) is 24.4 Å². The molecule has 15 heavy (non-hydrogen) atoms. The minimum absolute atomic E-state index is 0.170. The molecule has 3 heteroatoms. The van der Waals surface area contributed by atoms with Crippen molar-refractivity contribution in [2.75, 3.05) is 6.61 Å². The molecule has 1 atom stereocenters. The molecule has 1 heterocycles. The van der Waals surface area contributed by atoms with Crippen LogP contribution in [0.25, 0.3) is 10.9 Å². The quantitative estimate of drug-likeness (QED) is 0.832. The summed E-state index contributed by atoms with van der Waals surface area (Å²) in [5, 5.41) is 10.9. The van der Waals surface area contributed by atoms with Gasteiger partial charge in [0, 0.05) is 36.7 Å². The van der Waals surface area contributed by atoms with Crippen molar-refractivity contribution in [3.8, 4) is 0 Å². The molecular weight excluding hydrogens is 210 g/mol. The molecule has 0 aliphatic rings. The summed E-state index contributed by atoms with van der Waals surface area (Å²) in [5.41, 5.74) is 2.25. The van der Waals surface area contributed by atoms with Gasteiger partial charge in [-0.15, -0.1) is 0 Å². The van der Waals surface area contributed by atoms with E-state index in [4.69, 9.17) is 16.7 Å². The Labute approximate surface area is 94.1 Å². The summed E-state index contributed by atoms with van der Waals surface area (Å²) in [6.45, 7) is 2.18.